The molecule has 0 radical (unpaired) electrons. The molecule has 0 aromatic heterocycles. The van der Waals surface area contributed by atoms with Crippen LogP contribution in [-0.4, -0.2) is 55.0 Å². The molecule has 2 amide bonds. The number of nitrogens with one attached hydrogen (secondary N) is 1. The van der Waals surface area contributed by atoms with E-state index in [1.807, 2.05) is 30.8 Å². The second-order valence-electron chi connectivity index (χ2n) is 8.19. The number of methoxy groups -OCH3 is 1. The number of rotatable bonds is 6. The molecule has 2 heterocycles. The van der Waals surface area contributed by atoms with Crippen LogP contribution in [0.25, 0.3) is 0 Å². The Labute approximate surface area is 198 Å². The van der Waals surface area contributed by atoms with Gasteiger partial charge in [-0.1, -0.05) is 23.7 Å². The molecule has 2 aromatic rings. The molecular formula is C24H28ClN3O3S. The monoisotopic (exact) mass is 473 g/mol. The molecule has 2 saturated heterocycles. The number of hydrogen-bond acceptors (Lipinski definition) is 5. The van der Waals surface area contributed by atoms with Crippen molar-refractivity contribution in [1.82, 2.24) is 4.90 Å². The zero-order valence-electron chi connectivity index (χ0n) is 18.4. The van der Waals surface area contributed by atoms with Gasteiger partial charge in [-0.25, -0.2) is 0 Å². The van der Waals surface area contributed by atoms with Crippen molar-refractivity contribution in [2.45, 2.75) is 19.9 Å². The number of anilines is 2. The van der Waals surface area contributed by atoms with Gasteiger partial charge in [-0.2, -0.15) is 11.8 Å². The smallest absolute Gasteiger partial charge is 0.229 e. The first-order chi connectivity index (χ1) is 15.5. The Bertz CT molecular complexity index is 1010. The minimum absolute atomic E-state index is 0.112. The number of nitrogens with zero attached hydrogens (tertiary/aromatic N) is 2. The fourth-order valence-electron chi connectivity index (χ4n) is 4.22. The zero-order valence-corrected chi connectivity index (χ0v) is 20.0. The van der Waals surface area contributed by atoms with E-state index in [2.05, 4.69) is 16.3 Å². The van der Waals surface area contributed by atoms with Crippen LogP contribution >= 0.6 is 23.4 Å². The highest BCUT2D eigenvalue weighted by Gasteiger charge is 2.36. The van der Waals surface area contributed by atoms with Crippen LogP contribution in [0.15, 0.2) is 36.4 Å². The molecule has 8 heteroatoms. The minimum atomic E-state index is -0.437. The van der Waals surface area contributed by atoms with Crippen LogP contribution in [0.4, 0.5) is 11.4 Å². The minimum Gasteiger partial charge on any atom is -0.495 e. The summed E-state index contributed by atoms with van der Waals surface area (Å²) >= 11 is 8.13. The lowest BCUT2D eigenvalue weighted by Crippen LogP contribution is -2.32. The summed E-state index contributed by atoms with van der Waals surface area (Å²) < 4.78 is 5.39. The number of carbonyl (C=O) groups excluding carboxylic acids is 2. The Kier molecular flexibility index (Phi) is 7.28. The average Bonchev–Trinajstić information content (AvgIpc) is 3.19. The standard InChI is InChI=1S/C24H28ClN3O3S/c1-16-17(14-27-8-10-32-11-9-27)4-3-5-20(16)26-24(30)18-12-23(29)28(15-18)21-13-19(25)6-7-22(21)31-2/h3-7,13,18H,8-12,14-15H2,1-2H3,(H,26,30). The predicted molar refractivity (Wildman–Crippen MR) is 131 cm³/mol. The molecule has 2 aliphatic heterocycles. The molecule has 6 nitrogen and oxygen atoms in total. The molecule has 2 fully saturated rings. The van der Waals surface area contributed by atoms with E-state index in [1.165, 1.54) is 17.1 Å². The van der Waals surface area contributed by atoms with E-state index in [0.717, 1.165) is 30.9 Å². The summed E-state index contributed by atoms with van der Waals surface area (Å²) in [5.41, 5.74) is 3.71. The van der Waals surface area contributed by atoms with Gasteiger partial charge in [-0.3, -0.25) is 14.5 Å². The third kappa shape index (κ3) is 5.05. The van der Waals surface area contributed by atoms with Gasteiger partial charge in [0.25, 0.3) is 0 Å². The predicted octanol–water partition coefficient (Wildman–Crippen LogP) is 4.20. The van der Waals surface area contributed by atoms with Crippen LogP contribution in [0.2, 0.25) is 5.02 Å². The molecular weight excluding hydrogens is 446 g/mol. The van der Waals surface area contributed by atoms with Gasteiger partial charge in [-0.05, 0) is 42.3 Å². The van der Waals surface area contributed by atoms with Crippen LogP contribution in [-0.2, 0) is 16.1 Å². The Morgan fingerprint density at radius 2 is 2.03 bits per heavy atom. The molecule has 0 saturated carbocycles. The van der Waals surface area contributed by atoms with Gasteiger partial charge in [0.1, 0.15) is 5.75 Å². The summed E-state index contributed by atoms with van der Waals surface area (Å²) in [7, 11) is 1.55. The molecule has 0 aliphatic carbocycles. The first-order valence-corrected chi connectivity index (χ1v) is 12.3. The van der Waals surface area contributed by atoms with E-state index in [-0.39, 0.29) is 18.2 Å². The molecule has 2 aliphatic rings. The van der Waals surface area contributed by atoms with Gasteiger partial charge in [0.15, 0.2) is 0 Å². The number of hydrogen-bond donors (Lipinski definition) is 1. The van der Waals surface area contributed by atoms with Crippen LogP contribution in [0.5, 0.6) is 5.75 Å². The average molecular weight is 474 g/mol. The van der Waals surface area contributed by atoms with Crippen molar-refractivity contribution < 1.29 is 14.3 Å². The number of amides is 2. The van der Waals surface area contributed by atoms with Gasteiger partial charge in [0, 0.05) is 54.8 Å². The summed E-state index contributed by atoms with van der Waals surface area (Å²) in [5.74, 6) is 2.20. The maximum atomic E-state index is 13.1. The van der Waals surface area contributed by atoms with E-state index in [1.54, 1.807) is 30.2 Å². The molecule has 0 bridgehead atoms. The first kappa shape index (κ1) is 23.0. The van der Waals surface area contributed by atoms with E-state index in [0.29, 0.717) is 23.0 Å². The Hall–Kier alpha value is -2.22. The van der Waals surface area contributed by atoms with Crippen molar-refractivity contribution in [2.75, 3.05) is 48.5 Å². The van der Waals surface area contributed by atoms with Crippen molar-refractivity contribution in [3.8, 4) is 5.75 Å². The second-order valence-corrected chi connectivity index (χ2v) is 9.85. The molecule has 4 rings (SSSR count). The fourth-order valence-corrected chi connectivity index (χ4v) is 5.36. The maximum Gasteiger partial charge on any atom is 0.229 e. The highest BCUT2D eigenvalue weighted by Crippen LogP contribution is 2.35. The summed E-state index contributed by atoms with van der Waals surface area (Å²) in [6, 6.07) is 11.2. The number of carbonyl (C=O) groups is 2. The summed E-state index contributed by atoms with van der Waals surface area (Å²) in [6.07, 6.45) is 0.158. The SMILES string of the molecule is COc1ccc(Cl)cc1N1CC(C(=O)Nc2cccc(CN3CCSCC3)c2C)CC1=O. The van der Waals surface area contributed by atoms with Gasteiger partial charge >= 0.3 is 0 Å². The van der Waals surface area contributed by atoms with Crippen LogP contribution in [0, 0.1) is 12.8 Å². The summed E-state index contributed by atoms with van der Waals surface area (Å²) in [4.78, 5) is 29.8. The third-order valence-electron chi connectivity index (χ3n) is 6.13. The van der Waals surface area contributed by atoms with Crippen molar-refractivity contribution in [1.29, 1.82) is 0 Å². The molecule has 0 spiro atoms. The largest absolute Gasteiger partial charge is 0.495 e. The Balaban J connectivity index is 1.45. The Morgan fingerprint density at radius 1 is 1.25 bits per heavy atom. The lowest BCUT2D eigenvalue weighted by atomic mass is 10.0. The normalized spacial score (nSPS) is 19.3. The number of ether oxygens (including phenoxy) is 1. The van der Waals surface area contributed by atoms with Gasteiger partial charge in [0.2, 0.25) is 11.8 Å². The van der Waals surface area contributed by atoms with Crippen molar-refractivity contribution in [3.63, 3.8) is 0 Å². The Morgan fingerprint density at radius 3 is 2.78 bits per heavy atom. The number of halogens is 1. The van der Waals surface area contributed by atoms with Crippen molar-refractivity contribution in [2.24, 2.45) is 5.92 Å². The van der Waals surface area contributed by atoms with E-state index < -0.39 is 5.92 Å². The lowest BCUT2D eigenvalue weighted by Gasteiger charge is -2.27. The van der Waals surface area contributed by atoms with Crippen molar-refractivity contribution >= 4 is 46.6 Å². The van der Waals surface area contributed by atoms with E-state index in [4.69, 9.17) is 16.3 Å². The fraction of sp³-hybridized carbons (Fsp3) is 0.417. The zero-order chi connectivity index (χ0) is 22.7. The highest BCUT2D eigenvalue weighted by atomic mass is 35.5. The lowest BCUT2D eigenvalue weighted by molar-refractivity contribution is -0.122. The second kappa shape index (κ2) is 10.1. The van der Waals surface area contributed by atoms with Gasteiger partial charge in [-0.15, -0.1) is 0 Å². The molecule has 32 heavy (non-hydrogen) atoms. The molecule has 1 unspecified atom stereocenters. The topological polar surface area (TPSA) is 61.9 Å². The highest BCUT2D eigenvalue weighted by molar-refractivity contribution is 7.99. The summed E-state index contributed by atoms with van der Waals surface area (Å²) in [6.45, 7) is 5.42. The van der Waals surface area contributed by atoms with Gasteiger partial charge in [0.05, 0.1) is 18.7 Å². The quantitative estimate of drug-likeness (QED) is 0.681. The van der Waals surface area contributed by atoms with Crippen LogP contribution < -0.4 is 15.0 Å². The molecule has 2 aromatic carbocycles. The molecule has 1 N–H and O–H groups in total. The van der Waals surface area contributed by atoms with Gasteiger partial charge < -0.3 is 15.0 Å². The maximum absolute atomic E-state index is 13.1. The molecule has 170 valence electrons. The number of benzene rings is 2. The summed E-state index contributed by atoms with van der Waals surface area (Å²) in [5, 5.41) is 3.58. The molecule has 1 atom stereocenters. The van der Waals surface area contributed by atoms with E-state index >= 15 is 0 Å². The first-order valence-electron chi connectivity index (χ1n) is 10.8. The van der Waals surface area contributed by atoms with Crippen LogP contribution in [0.1, 0.15) is 17.5 Å². The number of thioether (sulfide) groups is 1. The third-order valence-corrected chi connectivity index (χ3v) is 7.31. The van der Waals surface area contributed by atoms with Crippen molar-refractivity contribution in [3.05, 3.63) is 52.5 Å². The van der Waals surface area contributed by atoms with Crippen LogP contribution in [0.3, 0.4) is 0 Å². The van der Waals surface area contributed by atoms with E-state index in [9.17, 15) is 9.59 Å².